The smallest absolute Gasteiger partial charge is 0.138 e. The summed E-state index contributed by atoms with van der Waals surface area (Å²) in [6.45, 7) is 2.12. The molecule has 2 heteroatoms. The highest BCUT2D eigenvalue weighted by Gasteiger charge is 2.16. The van der Waals surface area contributed by atoms with Crippen LogP contribution in [0.3, 0.4) is 0 Å². The van der Waals surface area contributed by atoms with E-state index in [1.54, 1.807) is 0 Å². The van der Waals surface area contributed by atoms with Crippen LogP contribution in [-0.2, 0) is 0 Å². The summed E-state index contributed by atoms with van der Waals surface area (Å²) in [5.74, 6) is 6.75. The summed E-state index contributed by atoms with van der Waals surface area (Å²) >= 11 is 0. The lowest BCUT2D eigenvalue weighted by Crippen LogP contribution is -1.89. The first-order valence-corrected chi connectivity index (χ1v) is 10.00. The normalized spacial score (nSPS) is 10.6. The van der Waals surface area contributed by atoms with Crippen molar-refractivity contribution in [3.8, 4) is 34.2 Å². The standard InChI is InChI=1S/C28H20N2/c1-20-14-16-24(26(19-20)22-11-6-3-7-12-22)27-23(17-15-21-9-4-2-5-10-21)25-13-8-18-29-28(25)30-27/h2-14,16,18-19H,1H3,(H,29,30). The average molecular weight is 384 g/mol. The number of aromatic amines is 1. The lowest BCUT2D eigenvalue weighted by molar-refractivity contribution is 1.32. The molecule has 3 aromatic carbocycles. The minimum Gasteiger partial charge on any atom is -0.338 e. The maximum atomic E-state index is 4.54. The van der Waals surface area contributed by atoms with Crippen LogP contribution in [0.1, 0.15) is 16.7 Å². The van der Waals surface area contributed by atoms with Crippen LogP contribution >= 0.6 is 0 Å². The summed E-state index contributed by atoms with van der Waals surface area (Å²) in [7, 11) is 0. The third-order valence-corrected chi connectivity index (χ3v) is 5.21. The Morgan fingerprint density at radius 2 is 1.50 bits per heavy atom. The van der Waals surface area contributed by atoms with Crippen LogP contribution < -0.4 is 0 Å². The molecule has 0 aliphatic carbocycles. The molecule has 1 N–H and O–H groups in total. The minimum atomic E-state index is 0.851. The maximum absolute atomic E-state index is 4.54. The highest BCUT2D eigenvalue weighted by molar-refractivity contribution is 5.95. The zero-order chi connectivity index (χ0) is 20.3. The molecule has 0 bridgehead atoms. The molecule has 2 heterocycles. The molecule has 0 atom stereocenters. The number of aryl methyl sites for hydroxylation is 1. The Hall–Kier alpha value is -4.09. The molecule has 0 saturated carbocycles. The van der Waals surface area contributed by atoms with Crippen LogP contribution in [0.4, 0.5) is 0 Å². The molecule has 0 unspecified atom stereocenters. The van der Waals surface area contributed by atoms with E-state index in [9.17, 15) is 0 Å². The number of H-pyrrole nitrogens is 1. The zero-order valence-corrected chi connectivity index (χ0v) is 16.7. The molecule has 30 heavy (non-hydrogen) atoms. The second-order valence-corrected chi connectivity index (χ2v) is 7.31. The number of pyridine rings is 1. The monoisotopic (exact) mass is 384 g/mol. The molecule has 5 aromatic rings. The van der Waals surface area contributed by atoms with Gasteiger partial charge in [-0.2, -0.15) is 0 Å². The van der Waals surface area contributed by atoms with Gasteiger partial charge in [0, 0.05) is 22.7 Å². The van der Waals surface area contributed by atoms with E-state index in [1.807, 2.05) is 48.7 Å². The van der Waals surface area contributed by atoms with Crippen molar-refractivity contribution >= 4 is 11.0 Å². The van der Waals surface area contributed by atoms with Crippen LogP contribution in [0.5, 0.6) is 0 Å². The van der Waals surface area contributed by atoms with Gasteiger partial charge in [0.25, 0.3) is 0 Å². The molecular formula is C28H20N2. The Morgan fingerprint density at radius 1 is 0.733 bits per heavy atom. The second-order valence-electron chi connectivity index (χ2n) is 7.31. The van der Waals surface area contributed by atoms with Gasteiger partial charge in [0.1, 0.15) is 5.65 Å². The summed E-state index contributed by atoms with van der Waals surface area (Å²) in [6.07, 6.45) is 1.81. The Morgan fingerprint density at radius 3 is 2.30 bits per heavy atom. The van der Waals surface area contributed by atoms with E-state index in [1.165, 1.54) is 16.7 Å². The summed E-state index contributed by atoms with van der Waals surface area (Å²) in [5, 5.41) is 1.04. The number of hydrogen-bond donors (Lipinski definition) is 1. The van der Waals surface area contributed by atoms with Gasteiger partial charge in [0.15, 0.2) is 0 Å². The zero-order valence-electron chi connectivity index (χ0n) is 16.7. The van der Waals surface area contributed by atoms with Gasteiger partial charge in [-0.3, -0.25) is 0 Å². The van der Waals surface area contributed by atoms with Crippen LogP contribution in [0.15, 0.2) is 97.2 Å². The first-order chi connectivity index (χ1) is 14.8. The molecule has 142 valence electrons. The van der Waals surface area contributed by atoms with Gasteiger partial charge in [-0.1, -0.05) is 84.1 Å². The highest BCUT2D eigenvalue weighted by atomic mass is 14.9. The van der Waals surface area contributed by atoms with Crippen molar-refractivity contribution in [3.63, 3.8) is 0 Å². The average Bonchev–Trinajstić information content (AvgIpc) is 3.17. The Kier molecular flexibility index (Phi) is 4.63. The van der Waals surface area contributed by atoms with Gasteiger partial charge in [0.05, 0.1) is 11.3 Å². The van der Waals surface area contributed by atoms with Crippen LogP contribution in [0.25, 0.3) is 33.4 Å². The number of aromatic nitrogens is 2. The van der Waals surface area contributed by atoms with Crippen molar-refractivity contribution in [2.45, 2.75) is 6.92 Å². The van der Waals surface area contributed by atoms with E-state index in [0.29, 0.717) is 0 Å². The topological polar surface area (TPSA) is 28.7 Å². The lowest BCUT2D eigenvalue weighted by atomic mass is 9.94. The van der Waals surface area contributed by atoms with E-state index in [4.69, 9.17) is 0 Å². The maximum Gasteiger partial charge on any atom is 0.138 e. The Balaban J connectivity index is 1.76. The van der Waals surface area contributed by atoms with Gasteiger partial charge < -0.3 is 4.98 Å². The fraction of sp³-hybridized carbons (Fsp3) is 0.0357. The lowest BCUT2D eigenvalue weighted by Gasteiger charge is -2.11. The van der Waals surface area contributed by atoms with Crippen molar-refractivity contribution < 1.29 is 0 Å². The van der Waals surface area contributed by atoms with Crippen molar-refractivity contribution in [2.75, 3.05) is 0 Å². The molecule has 0 amide bonds. The number of rotatable bonds is 2. The molecule has 0 radical (unpaired) electrons. The van der Waals surface area contributed by atoms with Gasteiger partial charge in [-0.15, -0.1) is 0 Å². The van der Waals surface area contributed by atoms with E-state index < -0.39 is 0 Å². The molecule has 0 spiro atoms. The summed E-state index contributed by atoms with van der Waals surface area (Å²) in [5.41, 5.74) is 8.55. The summed E-state index contributed by atoms with van der Waals surface area (Å²) in [6, 6.07) is 31.2. The van der Waals surface area contributed by atoms with Gasteiger partial charge in [-0.25, -0.2) is 4.98 Å². The number of nitrogens with one attached hydrogen (secondary N) is 1. The Bertz CT molecular complexity index is 1380. The van der Waals surface area contributed by atoms with Crippen LogP contribution in [0.2, 0.25) is 0 Å². The van der Waals surface area contributed by atoms with E-state index in [-0.39, 0.29) is 0 Å². The summed E-state index contributed by atoms with van der Waals surface area (Å²) < 4.78 is 0. The minimum absolute atomic E-state index is 0.851. The highest BCUT2D eigenvalue weighted by Crippen LogP contribution is 2.36. The first kappa shape index (κ1) is 18.0. The number of hydrogen-bond acceptors (Lipinski definition) is 1. The molecule has 0 aliphatic rings. The first-order valence-electron chi connectivity index (χ1n) is 10.00. The van der Waals surface area contributed by atoms with Crippen molar-refractivity contribution in [2.24, 2.45) is 0 Å². The quantitative estimate of drug-likeness (QED) is 0.341. The SMILES string of the molecule is Cc1ccc(-c2[nH]c3ncccc3c2C#Cc2ccccc2)c(-c2ccccc2)c1. The van der Waals surface area contributed by atoms with Gasteiger partial charge in [0.2, 0.25) is 0 Å². The van der Waals surface area contributed by atoms with E-state index in [2.05, 4.69) is 77.3 Å². The third kappa shape index (κ3) is 3.38. The molecule has 0 saturated heterocycles. The van der Waals surface area contributed by atoms with Crippen molar-refractivity contribution in [1.82, 2.24) is 9.97 Å². The van der Waals surface area contributed by atoms with Gasteiger partial charge in [-0.05, 0) is 42.3 Å². The molecule has 0 fully saturated rings. The predicted molar refractivity (Wildman–Crippen MR) is 124 cm³/mol. The van der Waals surface area contributed by atoms with Crippen LogP contribution in [0, 0.1) is 18.8 Å². The molecule has 0 aliphatic heterocycles. The number of fused-ring (bicyclic) bond motifs is 1. The molecule has 2 nitrogen and oxygen atoms in total. The number of nitrogens with zero attached hydrogens (tertiary/aromatic N) is 1. The number of benzene rings is 3. The van der Waals surface area contributed by atoms with E-state index >= 15 is 0 Å². The second kappa shape index (κ2) is 7.73. The fourth-order valence-electron chi connectivity index (χ4n) is 3.74. The largest absolute Gasteiger partial charge is 0.338 e. The van der Waals surface area contributed by atoms with Crippen molar-refractivity contribution in [3.05, 3.63) is 114 Å². The molecule has 2 aromatic heterocycles. The van der Waals surface area contributed by atoms with Gasteiger partial charge >= 0.3 is 0 Å². The molecule has 5 rings (SSSR count). The van der Waals surface area contributed by atoms with Crippen molar-refractivity contribution in [1.29, 1.82) is 0 Å². The fourth-order valence-corrected chi connectivity index (χ4v) is 3.74. The third-order valence-electron chi connectivity index (χ3n) is 5.21. The molecular weight excluding hydrogens is 364 g/mol. The predicted octanol–water partition coefficient (Wildman–Crippen LogP) is 6.61. The van der Waals surface area contributed by atoms with Crippen LogP contribution in [-0.4, -0.2) is 9.97 Å². The summed E-state index contributed by atoms with van der Waals surface area (Å²) in [4.78, 5) is 8.07. The van der Waals surface area contributed by atoms with E-state index in [0.717, 1.165) is 33.4 Å². The Labute approximate surface area is 176 Å².